The van der Waals surface area contributed by atoms with Gasteiger partial charge in [0.2, 0.25) is 0 Å². The minimum atomic E-state index is 0.540. The Morgan fingerprint density at radius 1 is 1.50 bits per heavy atom. The maximum atomic E-state index is 3.73. The Hall–Kier alpha value is -0.160. The minimum absolute atomic E-state index is 0.540. The molecule has 0 saturated carbocycles. The number of aryl methyl sites for hydroxylation is 2. The summed E-state index contributed by atoms with van der Waals surface area (Å²) in [4.78, 5) is 3.03. The number of nitrogens with one attached hydrogen (secondary N) is 1. The van der Waals surface area contributed by atoms with Gasteiger partial charge in [0.05, 0.1) is 3.79 Å². The van der Waals surface area contributed by atoms with Gasteiger partial charge in [0.1, 0.15) is 0 Å². The van der Waals surface area contributed by atoms with Crippen LogP contribution in [-0.4, -0.2) is 0 Å². The molecular weight excluding hydrogens is 326 g/mol. The van der Waals surface area contributed by atoms with Crippen LogP contribution in [0.4, 0.5) is 0 Å². The molecule has 0 aliphatic heterocycles. The van der Waals surface area contributed by atoms with Crippen LogP contribution in [0.15, 0.2) is 21.3 Å². The van der Waals surface area contributed by atoms with Gasteiger partial charge >= 0.3 is 0 Å². The molecule has 0 amide bonds. The van der Waals surface area contributed by atoms with E-state index in [2.05, 4.69) is 45.7 Å². The summed E-state index contributed by atoms with van der Waals surface area (Å²) in [5.74, 6) is 0. The zero-order chi connectivity index (χ0) is 12.5. The average Bonchev–Trinajstić information content (AvgIpc) is 2.91. The summed E-state index contributed by atoms with van der Waals surface area (Å²) < 4.78 is 1.27. The van der Waals surface area contributed by atoms with Crippen LogP contribution in [-0.2, 0) is 13.0 Å². The third kappa shape index (κ3) is 2.57. The lowest BCUT2D eigenvalue weighted by Crippen LogP contribution is -2.23. The second kappa shape index (κ2) is 5.45. The molecule has 3 rings (SSSR count). The van der Waals surface area contributed by atoms with Gasteiger partial charge < -0.3 is 5.32 Å². The average molecular weight is 342 g/mol. The fraction of sp³-hybridized carbons (Fsp3) is 0.429. The van der Waals surface area contributed by atoms with Crippen LogP contribution in [0.3, 0.4) is 0 Å². The van der Waals surface area contributed by atoms with Crippen LogP contribution in [0, 0.1) is 6.92 Å². The largest absolute Gasteiger partial charge is 0.305 e. The molecule has 4 heteroatoms. The van der Waals surface area contributed by atoms with Gasteiger partial charge in [0.25, 0.3) is 0 Å². The van der Waals surface area contributed by atoms with Crippen molar-refractivity contribution in [1.82, 2.24) is 5.32 Å². The van der Waals surface area contributed by atoms with Gasteiger partial charge in [-0.1, -0.05) is 0 Å². The Morgan fingerprint density at radius 2 is 2.39 bits per heavy atom. The lowest BCUT2D eigenvalue weighted by atomic mass is 9.94. The van der Waals surface area contributed by atoms with Crippen LogP contribution in [0.2, 0.25) is 0 Å². The van der Waals surface area contributed by atoms with Crippen molar-refractivity contribution in [1.29, 1.82) is 0 Å². The topological polar surface area (TPSA) is 12.0 Å². The van der Waals surface area contributed by atoms with Crippen molar-refractivity contribution in [3.05, 3.63) is 42.2 Å². The first kappa shape index (κ1) is 12.9. The fourth-order valence-corrected chi connectivity index (χ4v) is 5.21. The van der Waals surface area contributed by atoms with E-state index in [9.17, 15) is 0 Å². The first-order valence-electron chi connectivity index (χ1n) is 6.28. The number of thiophene rings is 2. The predicted molar refractivity (Wildman–Crippen MR) is 83.6 cm³/mol. The molecule has 0 radical (unpaired) electrons. The van der Waals surface area contributed by atoms with Crippen LogP contribution in [0.25, 0.3) is 0 Å². The van der Waals surface area contributed by atoms with E-state index in [0.717, 1.165) is 6.54 Å². The zero-order valence-corrected chi connectivity index (χ0v) is 13.6. The molecule has 18 heavy (non-hydrogen) atoms. The molecule has 1 aliphatic carbocycles. The Labute approximate surface area is 124 Å². The van der Waals surface area contributed by atoms with Crippen molar-refractivity contribution in [2.75, 3.05) is 0 Å². The lowest BCUT2D eigenvalue weighted by molar-refractivity contribution is 0.464. The highest BCUT2D eigenvalue weighted by atomic mass is 79.9. The molecule has 0 bridgehead atoms. The van der Waals surface area contributed by atoms with Crippen LogP contribution in [0.1, 0.15) is 39.8 Å². The monoisotopic (exact) mass is 341 g/mol. The van der Waals surface area contributed by atoms with E-state index < -0.39 is 0 Å². The molecule has 2 heterocycles. The van der Waals surface area contributed by atoms with Gasteiger partial charge in [-0.3, -0.25) is 0 Å². The summed E-state index contributed by atoms with van der Waals surface area (Å²) in [6.45, 7) is 3.20. The summed E-state index contributed by atoms with van der Waals surface area (Å²) in [6, 6.07) is 5.05. The van der Waals surface area contributed by atoms with E-state index in [4.69, 9.17) is 0 Å². The maximum absolute atomic E-state index is 3.73. The summed E-state index contributed by atoms with van der Waals surface area (Å²) in [6.07, 6.45) is 3.82. The van der Waals surface area contributed by atoms with E-state index in [1.54, 1.807) is 4.88 Å². The molecule has 96 valence electrons. The standard InChI is InChI=1S/C14H16BrNS2/c1-9-5-6-17-13(9)8-16-11-3-2-4-12-10(11)7-14(15)18-12/h5-7,11,16H,2-4,8H2,1H3. The number of rotatable bonds is 3. The molecule has 2 aromatic rings. The number of hydrogen-bond acceptors (Lipinski definition) is 3. The van der Waals surface area contributed by atoms with Crippen molar-refractivity contribution in [3.63, 3.8) is 0 Å². The Balaban J connectivity index is 1.73. The first-order chi connectivity index (χ1) is 8.74. The van der Waals surface area contributed by atoms with Gasteiger partial charge in [-0.05, 0) is 70.8 Å². The lowest BCUT2D eigenvalue weighted by Gasteiger charge is -2.23. The Morgan fingerprint density at radius 3 is 3.17 bits per heavy atom. The molecule has 0 spiro atoms. The van der Waals surface area contributed by atoms with Crippen molar-refractivity contribution in [2.24, 2.45) is 0 Å². The Bertz CT molecular complexity index is 544. The van der Waals surface area contributed by atoms with Crippen molar-refractivity contribution in [3.8, 4) is 0 Å². The van der Waals surface area contributed by atoms with Crippen LogP contribution < -0.4 is 5.32 Å². The number of fused-ring (bicyclic) bond motifs is 1. The third-order valence-electron chi connectivity index (χ3n) is 3.56. The second-order valence-corrected chi connectivity index (χ2v) is 8.30. The highest BCUT2D eigenvalue weighted by molar-refractivity contribution is 9.11. The van der Waals surface area contributed by atoms with E-state index >= 15 is 0 Å². The van der Waals surface area contributed by atoms with Gasteiger partial charge in [0.15, 0.2) is 0 Å². The van der Waals surface area contributed by atoms with Crippen molar-refractivity contribution >= 4 is 38.6 Å². The van der Waals surface area contributed by atoms with Gasteiger partial charge in [-0.2, -0.15) is 0 Å². The molecular formula is C14H16BrNS2. The number of halogens is 1. The van der Waals surface area contributed by atoms with Crippen molar-refractivity contribution in [2.45, 2.75) is 38.8 Å². The highest BCUT2D eigenvalue weighted by Gasteiger charge is 2.22. The molecule has 1 unspecified atom stereocenters. The highest BCUT2D eigenvalue weighted by Crippen LogP contribution is 2.38. The summed E-state index contributed by atoms with van der Waals surface area (Å²) in [7, 11) is 0. The predicted octanol–water partition coefficient (Wildman–Crippen LogP) is 5.05. The van der Waals surface area contributed by atoms with E-state index in [1.165, 1.54) is 39.1 Å². The summed E-state index contributed by atoms with van der Waals surface area (Å²) in [5, 5.41) is 5.91. The maximum Gasteiger partial charge on any atom is 0.0704 e. The first-order valence-corrected chi connectivity index (χ1v) is 8.77. The quantitative estimate of drug-likeness (QED) is 0.823. The van der Waals surface area contributed by atoms with Crippen LogP contribution in [0.5, 0.6) is 0 Å². The summed E-state index contributed by atoms with van der Waals surface area (Å²) >= 11 is 7.37. The fourth-order valence-electron chi connectivity index (χ4n) is 2.53. The van der Waals surface area contributed by atoms with Gasteiger partial charge in [-0.25, -0.2) is 0 Å². The normalized spacial score (nSPS) is 18.9. The molecule has 0 saturated heterocycles. The molecule has 1 aliphatic rings. The molecule has 1 N–H and O–H groups in total. The van der Waals surface area contributed by atoms with Gasteiger partial charge in [-0.15, -0.1) is 22.7 Å². The molecule has 0 aromatic carbocycles. The third-order valence-corrected chi connectivity index (χ3v) is 6.30. The van der Waals surface area contributed by atoms with Crippen LogP contribution >= 0.6 is 38.6 Å². The number of hydrogen-bond donors (Lipinski definition) is 1. The van der Waals surface area contributed by atoms with Gasteiger partial charge in [0, 0.05) is 22.3 Å². The smallest absolute Gasteiger partial charge is 0.0704 e. The molecule has 0 fully saturated rings. The SMILES string of the molecule is Cc1ccsc1CNC1CCCc2sc(Br)cc21. The molecule has 1 atom stereocenters. The minimum Gasteiger partial charge on any atom is -0.305 e. The summed E-state index contributed by atoms with van der Waals surface area (Å²) in [5.41, 5.74) is 2.93. The van der Waals surface area contributed by atoms with E-state index in [1.807, 2.05) is 22.7 Å². The second-order valence-electron chi connectivity index (χ2n) is 4.78. The zero-order valence-electron chi connectivity index (χ0n) is 10.3. The van der Waals surface area contributed by atoms with E-state index in [-0.39, 0.29) is 0 Å². The molecule has 2 aromatic heterocycles. The van der Waals surface area contributed by atoms with E-state index in [0.29, 0.717) is 6.04 Å². The Kier molecular flexibility index (Phi) is 3.89. The van der Waals surface area contributed by atoms with Crippen molar-refractivity contribution < 1.29 is 0 Å². The molecule has 1 nitrogen and oxygen atoms in total.